The lowest BCUT2D eigenvalue weighted by molar-refractivity contribution is -0.134. The number of aromatic nitrogens is 1. The molecule has 3 aromatic rings. The summed E-state index contributed by atoms with van der Waals surface area (Å²) in [6.45, 7) is 5.80. The molecule has 1 aliphatic heterocycles. The van der Waals surface area contributed by atoms with Crippen LogP contribution in [0.2, 0.25) is 0 Å². The van der Waals surface area contributed by atoms with Crippen LogP contribution in [0.5, 0.6) is 5.75 Å². The smallest absolute Gasteiger partial charge is 0.328 e. The van der Waals surface area contributed by atoms with Gasteiger partial charge in [0.1, 0.15) is 11.6 Å². The van der Waals surface area contributed by atoms with E-state index in [9.17, 15) is 23.6 Å². The van der Waals surface area contributed by atoms with Gasteiger partial charge in [-0.1, -0.05) is 23.5 Å². The van der Waals surface area contributed by atoms with Crippen LogP contribution in [0.4, 0.5) is 15.2 Å². The molecule has 4 rings (SSSR count). The van der Waals surface area contributed by atoms with Crippen LogP contribution >= 0.6 is 11.3 Å². The molecule has 1 saturated heterocycles. The first-order valence-electron chi connectivity index (χ1n) is 12.7. The molecule has 5 N–H and O–H groups in total. The zero-order valence-corrected chi connectivity index (χ0v) is 23.9. The number of nitrogens with one attached hydrogen (secondary N) is 1. The summed E-state index contributed by atoms with van der Waals surface area (Å²) >= 11 is 1.50. The lowest BCUT2D eigenvalue weighted by Gasteiger charge is -2.36. The number of carboxylic acid groups (broad SMARTS) is 4. The maximum atomic E-state index is 13.3. The Labute approximate surface area is 249 Å². The SMILES string of the molecule is COc1ccccc1N1CCN(CCNc2nc3ccc(F)cc3s2)CC1.O=C(O)/C=C/C(=O)O.O=C(O)/C=C/C(=O)O. The number of thiazole rings is 1. The van der Waals surface area contributed by atoms with E-state index in [1.807, 2.05) is 12.1 Å². The molecule has 0 bridgehead atoms. The first kappa shape index (κ1) is 34.2. The zero-order chi connectivity index (χ0) is 31.8. The number of carbonyl (C=O) groups is 4. The van der Waals surface area contributed by atoms with E-state index in [2.05, 4.69) is 32.2 Å². The molecule has 0 radical (unpaired) electrons. The first-order valence-corrected chi connectivity index (χ1v) is 13.5. The molecule has 2 aromatic carbocycles. The standard InChI is InChI=1S/C20H23FN4OS.2C4H4O4/c1-26-18-5-3-2-4-17(18)25-12-10-24(11-13-25)9-8-22-20-23-16-7-6-15(21)14-19(16)27-20;2*5-3(6)1-2-4(7)8/h2-7,14H,8-13H2,1H3,(H,22,23);2*1-2H,(H,5,6)(H,7,8)/b;2*2-1+. The average Bonchev–Trinajstić information content (AvgIpc) is 3.38. The summed E-state index contributed by atoms with van der Waals surface area (Å²) in [6.07, 6.45) is 2.23. The van der Waals surface area contributed by atoms with Gasteiger partial charge in [-0.15, -0.1) is 0 Å². The normalized spacial score (nSPS) is 13.1. The number of fused-ring (bicyclic) bond motifs is 1. The molecule has 0 atom stereocenters. The molecular weight excluding hydrogens is 587 g/mol. The summed E-state index contributed by atoms with van der Waals surface area (Å²) in [7, 11) is 1.72. The second-order valence-corrected chi connectivity index (χ2v) is 9.61. The fourth-order valence-electron chi connectivity index (χ4n) is 3.68. The summed E-state index contributed by atoms with van der Waals surface area (Å²) in [5.74, 6) is -4.31. The Morgan fingerprint density at radius 2 is 1.47 bits per heavy atom. The van der Waals surface area contributed by atoms with Gasteiger partial charge in [-0.25, -0.2) is 28.6 Å². The lowest BCUT2D eigenvalue weighted by atomic mass is 10.2. The summed E-state index contributed by atoms with van der Waals surface area (Å²) < 4.78 is 19.6. The third-order valence-electron chi connectivity index (χ3n) is 5.59. The Morgan fingerprint density at radius 1 is 0.907 bits per heavy atom. The minimum Gasteiger partial charge on any atom is -0.495 e. The Hall–Kier alpha value is -5.02. The number of ether oxygens (including phenoxy) is 1. The van der Waals surface area contributed by atoms with E-state index in [0.29, 0.717) is 24.3 Å². The Balaban J connectivity index is 0.000000334. The maximum Gasteiger partial charge on any atom is 0.328 e. The highest BCUT2D eigenvalue weighted by Gasteiger charge is 2.19. The van der Waals surface area contributed by atoms with Crippen molar-refractivity contribution in [3.63, 3.8) is 0 Å². The van der Waals surface area contributed by atoms with Gasteiger partial charge in [-0.05, 0) is 30.3 Å². The number of carboxylic acids is 4. The number of nitrogens with zero attached hydrogens (tertiary/aromatic N) is 3. The largest absolute Gasteiger partial charge is 0.495 e. The second kappa shape index (κ2) is 17.7. The molecule has 0 unspecified atom stereocenters. The molecule has 13 nitrogen and oxygen atoms in total. The number of benzene rings is 2. The Morgan fingerprint density at radius 3 is 2.00 bits per heavy atom. The van der Waals surface area contributed by atoms with Gasteiger partial charge >= 0.3 is 23.9 Å². The van der Waals surface area contributed by atoms with Crippen molar-refractivity contribution in [2.75, 3.05) is 56.6 Å². The second-order valence-electron chi connectivity index (χ2n) is 8.58. The van der Waals surface area contributed by atoms with Crippen molar-refractivity contribution in [3.05, 3.63) is 72.6 Å². The minimum atomic E-state index is -1.26. The molecular formula is C28H31FN4O9S. The van der Waals surface area contributed by atoms with Crippen LogP contribution in [0, 0.1) is 5.82 Å². The molecule has 0 spiro atoms. The van der Waals surface area contributed by atoms with Gasteiger partial charge < -0.3 is 35.4 Å². The number of piperazine rings is 1. The van der Waals surface area contributed by atoms with Crippen molar-refractivity contribution in [1.29, 1.82) is 0 Å². The van der Waals surface area contributed by atoms with E-state index in [4.69, 9.17) is 25.2 Å². The molecule has 43 heavy (non-hydrogen) atoms. The molecule has 230 valence electrons. The van der Waals surface area contributed by atoms with Gasteiger partial charge in [0.05, 0.1) is 23.0 Å². The Bertz CT molecular complexity index is 1390. The molecule has 1 aromatic heterocycles. The molecule has 2 heterocycles. The van der Waals surface area contributed by atoms with Crippen LogP contribution in [0.25, 0.3) is 10.2 Å². The molecule has 1 aliphatic rings. The van der Waals surface area contributed by atoms with Crippen LogP contribution in [-0.4, -0.2) is 101 Å². The van der Waals surface area contributed by atoms with E-state index in [1.165, 1.54) is 29.2 Å². The van der Waals surface area contributed by atoms with Gasteiger partial charge in [-0.3, -0.25) is 4.90 Å². The lowest BCUT2D eigenvalue weighted by Crippen LogP contribution is -2.47. The summed E-state index contributed by atoms with van der Waals surface area (Å²) in [6, 6.07) is 12.9. The number of rotatable bonds is 10. The van der Waals surface area contributed by atoms with E-state index in [1.54, 1.807) is 13.2 Å². The molecule has 15 heteroatoms. The quantitative estimate of drug-likeness (QED) is 0.209. The van der Waals surface area contributed by atoms with Crippen LogP contribution in [0.15, 0.2) is 66.8 Å². The molecule has 1 fully saturated rings. The predicted octanol–water partition coefficient (Wildman–Crippen LogP) is 3.10. The van der Waals surface area contributed by atoms with Crippen molar-refractivity contribution in [2.45, 2.75) is 0 Å². The molecule has 0 amide bonds. The van der Waals surface area contributed by atoms with Crippen molar-refractivity contribution in [1.82, 2.24) is 9.88 Å². The topological polar surface area (TPSA) is 190 Å². The molecule has 0 saturated carbocycles. The van der Waals surface area contributed by atoms with Crippen molar-refractivity contribution < 1.29 is 48.7 Å². The highest BCUT2D eigenvalue weighted by atomic mass is 32.1. The van der Waals surface area contributed by atoms with Gasteiger partial charge in [0.15, 0.2) is 5.13 Å². The predicted molar refractivity (Wildman–Crippen MR) is 159 cm³/mol. The third kappa shape index (κ3) is 13.0. The summed E-state index contributed by atoms with van der Waals surface area (Å²) in [4.78, 5) is 47.6. The number of hydrogen-bond donors (Lipinski definition) is 5. The van der Waals surface area contributed by atoms with Crippen molar-refractivity contribution in [3.8, 4) is 5.75 Å². The van der Waals surface area contributed by atoms with Crippen molar-refractivity contribution in [2.24, 2.45) is 0 Å². The van der Waals surface area contributed by atoms with E-state index >= 15 is 0 Å². The van der Waals surface area contributed by atoms with E-state index < -0.39 is 23.9 Å². The zero-order valence-electron chi connectivity index (χ0n) is 23.1. The molecule has 0 aliphatic carbocycles. The van der Waals surface area contributed by atoms with Gasteiger partial charge in [0.25, 0.3) is 0 Å². The number of halogens is 1. The number of hydrogen-bond acceptors (Lipinski definition) is 10. The Kier molecular flexibility index (Phi) is 14.1. The maximum absolute atomic E-state index is 13.3. The summed E-state index contributed by atoms with van der Waals surface area (Å²) in [5.41, 5.74) is 2.01. The summed E-state index contributed by atoms with van der Waals surface area (Å²) in [5, 5.41) is 35.5. The number of para-hydroxylation sites is 2. The highest BCUT2D eigenvalue weighted by Crippen LogP contribution is 2.28. The number of methoxy groups -OCH3 is 1. The monoisotopic (exact) mass is 618 g/mol. The first-order chi connectivity index (χ1) is 20.5. The van der Waals surface area contributed by atoms with Crippen LogP contribution in [0.3, 0.4) is 0 Å². The number of aliphatic carboxylic acids is 4. The van der Waals surface area contributed by atoms with E-state index in [-0.39, 0.29) is 5.82 Å². The third-order valence-corrected chi connectivity index (χ3v) is 6.57. The number of anilines is 2. The fourth-order valence-corrected chi connectivity index (χ4v) is 4.60. The minimum absolute atomic E-state index is 0.217. The fraction of sp³-hybridized carbons (Fsp3) is 0.250. The van der Waals surface area contributed by atoms with Crippen LogP contribution in [0.1, 0.15) is 0 Å². The van der Waals surface area contributed by atoms with Gasteiger partial charge in [-0.2, -0.15) is 0 Å². The van der Waals surface area contributed by atoms with Crippen LogP contribution in [-0.2, 0) is 19.2 Å². The van der Waals surface area contributed by atoms with Crippen LogP contribution < -0.4 is 15.0 Å². The average molecular weight is 619 g/mol. The van der Waals surface area contributed by atoms with Gasteiger partial charge in [0, 0.05) is 63.6 Å². The van der Waals surface area contributed by atoms with Gasteiger partial charge in [0.2, 0.25) is 0 Å². The highest BCUT2D eigenvalue weighted by molar-refractivity contribution is 7.22. The van der Waals surface area contributed by atoms with E-state index in [0.717, 1.165) is 60.4 Å². The van der Waals surface area contributed by atoms with Crippen molar-refractivity contribution >= 4 is 56.2 Å².